The first-order valence-electron chi connectivity index (χ1n) is 8.88. The van der Waals surface area contributed by atoms with Crippen LogP contribution in [-0.4, -0.2) is 44.6 Å². The molecule has 1 aromatic carbocycles. The van der Waals surface area contributed by atoms with E-state index in [-0.39, 0.29) is 11.9 Å². The Morgan fingerprint density at radius 2 is 1.85 bits per heavy atom. The number of thiophene rings is 1. The molecule has 1 N–H and O–H groups in total. The van der Waals surface area contributed by atoms with Gasteiger partial charge in [0, 0.05) is 24.0 Å². The lowest BCUT2D eigenvalue weighted by molar-refractivity contribution is 0.0716. The highest BCUT2D eigenvalue weighted by Crippen LogP contribution is 2.39. The third kappa shape index (κ3) is 3.56. The first-order chi connectivity index (χ1) is 12.4. The van der Waals surface area contributed by atoms with Gasteiger partial charge >= 0.3 is 0 Å². The molecule has 2 aliphatic rings. The predicted molar refractivity (Wildman–Crippen MR) is 104 cm³/mol. The number of carbonyl (C=O) groups is 1. The van der Waals surface area contributed by atoms with Crippen molar-refractivity contribution in [3.63, 3.8) is 0 Å². The van der Waals surface area contributed by atoms with E-state index in [0.717, 1.165) is 17.7 Å². The number of carbonyl (C=O) groups excluding carboxylic acids is 1. The van der Waals surface area contributed by atoms with Crippen LogP contribution in [0, 0.1) is 0 Å². The van der Waals surface area contributed by atoms with E-state index in [0.29, 0.717) is 25.9 Å². The van der Waals surface area contributed by atoms with Crippen molar-refractivity contribution >= 4 is 27.3 Å². The van der Waals surface area contributed by atoms with Crippen LogP contribution in [0.4, 0.5) is 0 Å². The van der Waals surface area contributed by atoms with Crippen LogP contribution >= 0.6 is 11.3 Å². The summed E-state index contributed by atoms with van der Waals surface area (Å²) in [6, 6.07) is 10.4. The smallest absolute Gasteiger partial charge is 0.263 e. The number of piperidine rings is 1. The number of aryl methyl sites for hydroxylation is 2. The topological polar surface area (TPSA) is 66.5 Å². The molecule has 7 heteroatoms. The summed E-state index contributed by atoms with van der Waals surface area (Å²) in [4.78, 5) is 16.8. The van der Waals surface area contributed by atoms with Crippen molar-refractivity contribution < 1.29 is 13.2 Å². The molecular formula is C19H22N2O3S2. The lowest BCUT2D eigenvalue weighted by Gasteiger charge is -2.31. The van der Waals surface area contributed by atoms with Crippen LogP contribution in [-0.2, 0) is 22.9 Å². The normalized spacial score (nSPS) is 17.7. The molecule has 5 nitrogen and oxygen atoms in total. The number of rotatable bonds is 3. The summed E-state index contributed by atoms with van der Waals surface area (Å²) in [6.45, 7) is 1.18. The molecule has 0 unspecified atom stereocenters. The van der Waals surface area contributed by atoms with E-state index >= 15 is 0 Å². The number of hydrogen-bond donors (Lipinski definition) is 1. The SMILES string of the molecule is CS(=O)(=O)NC1CCN(C(=O)c2cc3c(s2)-c2ccccc2CC3)CC1. The van der Waals surface area contributed by atoms with Gasteiger partial charge in [-0.3, -0.25) is 4.79 Å². The zero-order chi connectivity index (χ0) is 18.3. The average Bonchev–Trinajstić information content (AvgIpc) is 3.05. The second-order valence-electron chi connectivity index (χ2n) is 7.08. The molecule has 2 heterocycles. The molecular weight excluding hydrogens is 368 g/mol. The van der Waals surface area contributed by atoms with E-state index in [9.17, 15) is 13.2 Å². The van der Waals surface area contributed by atoms with Crippen molar-refractivity contribution in [2.24, 2.45) is 0 Å². The minimum absolute atomic E-state index is 0.0692. The molecule has 1 amide bonds. The summed E-state index contributed by atoms with van der Waals surface area (Å²) < 4.78 is 25.4. The average molecular weight is 391 g/mol. The van der Waals surface area contributed by atoms with Crippen LogP contribution in [0.2, 0.25) is 0 Å². The van der Waals surface area contributed by atoms with Crippen molar-refractivity contribution in [1.82, 2.24) is 9.62 Å². The van der Waals surface area contributed by atoms with Gasteiger partial charge in [-0.15, -0.1) is 11.3 Å². The van der Waals surface area contributed by atoms with Gasteiger partial charge in [0.1, 0.15) is 0 Å². The van der Waals surface area contributed by atoms with Gasteiger partial charge in [-0.1, -0.05) is 24.3 Å². The van der Waals surface area contributed by atoms with Crippen molar-refractivity contribution in [3.8, 4) is 10.4 Å². The number of fused-ring (bicyclic) bond motifs is 3. The summed E-state index contributed by atoms with van der Waals surface area (Å²) in [7, 11) is -3.20. The quantitative estimate of drug-likeness (QED) is 0.876. The molecule has 138 valence electrons. The molecule has 26 heavy (non-hydrogen) atoms. The third-order valence-electron chi connectivity index (χ3n) is 5.11. The van der Waals surface area contributed by atoms with E-state index in [4.69, 9.17) is 0 Å². The Labute approximate surface area is 158 Å². The van der Waals surface area contributed by atoms with E-state index in [1.807, 2.05) is 4.90 Å². The van der Waals surface area contributed by atoms with Crippen LogP contribution in [0.25, 0.3) is 10.4 Å². The molecule has 4 rings (SSSR count). The molecule has 1 fully saturated rings. The first-order valence-corrected chi connectivity index (χ1v) is 11.6. The van der Waals surface area contributed by atoms with E-state index < -0.39 is 10.0 Å². The Kier molecular flexibility index (Phi) is 4.62. The third-order valence-corrected chi connectivity index (χ3v) is 7.07. The number of sulfonamides is 1. The number of nitrogens with zero attached hydrogens (tertiary/aromatic N) is 1. The number of nitrogens with one attached hydrogen (secondary N) is 1. The van der Waals surface area contributed by atoms with E-state index in [2.05, 4.69) is 35.1 Å². The van der Waals surface area contributed by atoms with Crippen LogP contribution in [0.1, 0.15) is 33.6 Å². The summed E-state index contributed by atoms with van der Waals surface area (Å²) in [5.74, 6) is 0.0692. The largest absolute Gasteiger partial charge is 0.338 e. The van der Waals surface area contributed by atoms with Gasteiger partial charge in [-0.2, -0.15) is 0 Å². The highest BCUT2D eigenvalue weighted by atomic mass is 32.2. The van der Waals surface area contributed by atoms with Gasteiger partial charge < -0.3 is 4.90 Å². The molecule has 2 aromatic rings. The van der Waals surface area contributed by atoms with E-state index in [1.165, 1.54) is 27.8 Å². The monoisotopic (exact) mass is 390 g/mol. The molecule has 1 aromatic heterocycles. The summed E-state index contributed by atoms with van der Waals surface area (Å²) in [5.41, 5.74) is 3.88. The Hall–Kier alpha value is -1.70. The summed E-state index contributed by atoms with van der Waals surface area (Å²) in [5, 5.41) is 0. The second-order valence-corrected chi connectivity index (χ2v) is 9.91. The lowest BCUT2D eigenvalue weighted by Crippen LogP contribution is -2.46. The van der Waals surface area contributed by atoms with E-state index in [1.54, 1.807) is 11.3 Å². The Bertz CT molecular complexity index is 941. The number of hydrogen-bond acceptors (Lipinski definition) is 4. The Balaban J connectivity index is 1.48. The van der Waals surface area contributed by atoms with Gasteiger partial charge in [-0.05, 0) is 48.4 Å². The number of amides is 1. The van der Waals surface area contributed by atoms with Crippen LogP contribution in [0.3, 0.4) is 0 Å². The fraction of sp³-hybridized carbons (Fsp3) is 0.421. The summed E-state index contributed by atoms with van der Waals surface area (Å²) >= 11 is 1.59. The maximum atomic E-state index is 12.9. The minimum atomic E-state index is -3.20. The Morgan fingerprint density at radius 1 is 1.15 bits per heavy atom. The second kappa shape index (κ2) is 6.79. The zero-order valence-electron chi connectivity index (χ0n) is 14.7. The molecule has 0 saturated carbocycles. The van der Waals surface area contributed by atoms with Gasteiger partial charge in [0.15, 0.2) is 0 Å². The molecule has 1 aliphatic heterocycles. The van der Waals surface area contributed by atoms with Gasteiger partial charge in [0.2, 0.25) is 10.0 Å². The first kappa shape index (κ1) is 17.7. The lowest BCUT2D eigenvalue weighted by atomic mass is 9.91. The number of benzene rings is 1. The molecule has 1 saturated heterocycles. The van der Waals surface area contributed by atoms with Crippen LogP contribution in [0.15, 0.2) is 30.3 Å². The molecule has 0 radical (unpaired) electrons. The fourth-order valence-corrected chi connectivity index (χ4v) is 5.92. The molecule has 0 atom stereocenters. The van der Waals surface area contributed by atoms with Crippen molar-refractivity contribution in [2.75, 3.05) is 19.3 Å². The Morgan fingerprint density at radius 3 is 2.58 bits per heavy atom. The van der Waals surface area contributed by atoms with Crippen molar-refractivity contribution in [2.45, 2.75) is 31.7 Å². The van der Waals surface area contributed by atoms with Gasteiger partial charge in [-0.25, -0.2) is 13.1 Å². The molecule has 1 aliphatic carbocycles. The van der Waals surface area contributed by atoms with Crippen LogP contribution < -0.4 is 4.72 Å². The fourth-order valence-electron chi connectivity index (χ4n) is 3.84. The minimum Gasteiger partial charge on any atom is -0.338 e. The summed E-state index contributed by atoms with van der Waals surface area (Å²) in [6.07, 6.45) is 4.50. The maximum absolute atomic E-state index is 12.9. The standard InChI is InChI=1S/C19H22N2O3S2/c1-26(23,24)20-15-8-10-21(11-9-15)19(22)17-12-14-7-6-13-4-2-3-5-16(13)18(14)25-17/h2-5,12,15,20H,6-11H2,1H3. The highest BCUT2D eigenvalue weighted by molar-refractivity contribution is 7.88. The van der Waals surface area contributed by atoms with Gasteiger partial charge in [0.05, 0.1) is 11.1 Å². The zero-order valence-corrected chi connectivity index (χ0v) is 16.3. The molecule has 0 spiro atoms. The predicted octanol–water partition coefficient (Wildman–Crippen LogP) is 2.67. The highest BCUT2D eigenvalue weighted by Gasteiger charge is 2.28. The van der Waals surface area contributed by atoms with Crippen molar-refractivity contribution in [1.29, 1.82) is 0 Å². The van der Waals surface area contributed by atoms with Gasteiger partial charge in [0.25, 0.3) is 5.91 Å². The maximum Gasteiger partial charge on any atom is 0.263 e. The number of likely N-dealkylation sites (tertiary alicyclic amines) is 1. The molecule has 0 bridgehead atoms. The van der Waals surface area contributed by atoms with Crippen molar-refractivity contribution in [3.05, 3.63) is 46.3 Å². The van der Waals surface area contributed by atoms with Crippen LogP contribution in [0.5, 0.6) is 0 Å².